The Balaban J connectivity index is 1.58. The van der Waals surface area contributed by atoms with Gasteiger partial charge in [0.15, 0.2) is 0 Å². The van der Waals surface area contributed by atoms with Gasteiger partial charge in [-0.15, -0.1) is 0 Å². The van der Waals surface area contributed by atoms with Gasteiger partial charge in [-0.05, 0) is 36.4 Å². The summed E-state index contributed by atoms with van der Waals surface area (Å²) in [7, 11) is 3.15. The highest BCUT2D eigenvalue weighted by molar-refractivity contribution is 6.04. The van der Waals surface area contributed by atoms with Gasteiger partial charge in [0.05, 0.1) is 43.2 Å². The smallest absolute Gasteiger partial charge is 0.273 e. The van der Waals surface area contributed by atoms with E-state index in [1.165, 1.54) is 10.9 Å². The standard InChI is InChI=1S/C22H21N5O4/c1-30-10-9-27-13-23-17-8-7-14(11-16(17)22(27)29)24-21(28)19-12-18(25-26-19)15-5-3-4-6-20(15)31-2/h3-8,11-13H,9-10H2,1-2H3,(H,24,28)(H,25,26). The van der Waals surface area contributed by atoms with Crippen molar-refractivity contribution in [2.24, 2.45) is 0 Å². The summed E-state index contributed by atoms with van der Waals surface area (Å²) in [5, 5.41) is 10.2. The Morgan fingerprint density at radius 3 is 2.81 bits per heavy atom. The number of methoxy groups -OCH3 is 2. The topological polar surface area (TPSA) is 111 Å². The van der Waals surface area contributed by atoms with Crippen molar-refractivity contribution in [2.45, 2.75) is 6.54 Å². The summed E-state index contributed by atoms with van der Waals surface area (Å²) in [5.41, 5.74) is 2.48. The molecule has 0 fully saturated rings. The lowest BCUT2D eigenvalue weighted by Gasteiger charge is -2.08. The highest BCUT2D eigenvalue weighted by atomic mass is 16.5. The minimum Gasteiger partial charge on any atom is -0.496 e. The summed E-state index contributed by atoms with van der Waals surface area (Å²) in [6.45, 7) is 0.798. The van der Waals surface area contributed by atoms with Crippen LogP contribution in [0.4, 0.5) is 5.69 Å². The number of H-pyrrole nitrogens is 1. The average molecular weight is 419 g/mol. The van der Waals surface area contributed by atoms with Crippen LogP contribution in [0.3, 0.4) is 0 Å². The van der Waals surface area contributed by atoms with Crippen LogP contribution in [0.25, 0.3) is 22.2 Å². The molecule has 2 heterocycles. The predicted molar refractivity (Wildman–Crippen MR) is 116 cm³/mol. The third-order valence-electron chi connectivity index (χ3n) is 4.82. The van der Waals surface area contributed by atoms with Crippen LogP contribution in [0.2, 0.25) is 0 Å². The number of rotatable bonds is 7. The Morgan fingerprint density at radius 1 is 1.16 bits per heavy atom. The van der Waals surface area contributed by atoms with Gasteiger partial charge >= 0.3 is 0 Å². The third kappa shape index (κ3) is 4.17. The normalized spacial score (nSPS) is 10.9. The molecule has 0 aliphatic heterocycles. The maximum Gasteiger partial charge on any atom is 0.273 e. The van der Waals surface area contributed by atoms with E-state index in [1.807, 2.05) is 24.3 Å². The van der Waals surface area contributed by atoms with E-state index in [2.05, 4.69) is 20.5 Å². The first kappa shape index (κ1) is 20.3. The van der Waals surface area contributed by atoms with E-state index in [-0.39, 0.29) is 17.2 Å². The molecule has 0 bridgehead atoms. The van der Waals surface area contributed by atoms with E-state index in [1.54, 1.807) is 38.5 Å². The highest BCUT2D eigenvalue weighted by Gasteiger charge is 2.14. The Labute approximate surface area is 177 Å². The molecular formula is C22H21N5O4. The monoisotopic (exact) mass is 419 g/mol. The fourth-order valence-corrected chi connectivity index (χ4v) is 3.22. The maximum absolute atomic E-state index is 12.7. The lowest BCUT2D eigenvalue weighted by molar-refractivity contribution is 0.102. The molecule has 0 aliphatic carbocycles. The molecule has 2 aromatic heterocycles. The van der Waals surface area contributed by atoms with Gasteiger partial charge in [0, 0.05) is 18.4 Å². The quantitative estimate of drug-likeness (QED) is 0.476. The van der Waals surface area contributed by atoms with E-state index in [4.69, 9.17) is 9.47 Å². The fraction of sp³-hybridized carbons (Fsp3) is 0.182. The number of amides is 1. The number of nitrogens with one attached hydrogen (secondary N) is 2. The number of anilines is 1. The van der Waals surface area contributed by atoms with Crippen molar-refractivity contribution >= 4 is 22.5 Å². The second-order valence-corrected chi connectivity index (χ2v) is 6.79. The fourth-order valence-electron chi connectivity index (χ4n) is 3.22. The minimum absolute atomic E-state index is 0.196. The molecule has 0 atom stereocenters. The van der Waals surface area contributed by atoms with Crippen molar-refractivity contribution in [1.82, 2.24) is 19.7 Å². The Hall–Kier alpha value is -3.98. The van der Waals surface area contributed by atoms with Crippen LogP contribution < -0.4 is 15.6 Å². The molecule has 0 radical (unpaired) electrons. The van der Waals surface area contributed by atoms with E-state index in [0.717, 1.165) is 5.56 Å². The highest BCUT2D eigenvalue weighted by Crippen LogP contribution is 2.28. The van der Waals surface area contributed by atoms with Crippen LogP contribution in [0.15, 0.2) is 59.7 Å². The number of carbonyl (C=O) groups excluding carboxylic acids is 1. The summed E-state index contributed by atoms with van der Waals surface area (Å²) in [6.07, 6.45) is 1.49. The van der Waals surface area contributed by atoms with Crippen molar-refractivity contribution < 1.29 is 14.3 Å². The first-order valence-corrected chi connectivity index (χ1v) is 9.59. The molecule has 0 aliphatic rings. The second-order valence-electron chi connectivity index (χ2n) is 6.79. The maximum atomic E-state index is 12.7. The molecule has 0 saturated heterocycles. The molecule has 2 N–H and O–H groups in total. The van der Waals surface area contributed by atoms with Gasteiger partial charge in [-0.1, -0.05) is 12.1 Å². The Kier molecular flexibility index (Phi) is 5.76. The molecule has 4 aromatic rings. The van der Waals surface area contributed by atoms with Gasteiger partial charge in [-0.3, -0.25) is 19.3 Å². The predicted octanol–water partition coefficient (Wildman–Crippen LogP) is 2.69. The molecule has 0 saturated carbocycles. The molecule has 158 valence electrons. The molecule has 0 unspecified atom stereocenters. The van der Waals surface area contributed by atoms with Gasteiger partial charge < -0.3 is 14.8 Å². The summed E-state index contributed by atoms with van der Waals surface area (Å²) in [5.74, 6) is 0.282. The first-order valence-electron chi connectivity index (χ1n) is 9.59. The van der Waals surface area contributed by atoms with E-state index in [9.17, 15) is 9.59 Å². The Morgan fingerprint density at radius 2 is 2.00 bits per heavy atom. The van der Waals surface area contributed by atoms with E-state index < -0.39 is 0 Å². The number of nitrogens with zero attached hydrogens (tertiary/aromatic N) is 3. The van der Waals surface area contributed by atoms with Gasteiger partial charge in [-0.25, -0.2) is 4.98 Å². The van der Waals surface area contributed by atoms with Crippen molar-refractivity contribution in [3.8, 4) is 17.0 Å². The largest absolute Gasteiger partial charge is 0.496 e. The van der Waals surface area contributed by atoms with Crippen LogP contribution in [0.1, 0.15) is 10.5 Å². The van der Waals surface area contributed by atoms with Gasteiger partial charge in [0.2, 0.25) is 0 Å². The summed E-state index contributed by atoms with van der Waals surface area (Å²) in [4.78, 5) is 29.7. The lowest BCUT2D eigenvalue weighted by atomic mass is 10.1. The number of para-hydroxylation sites is 1. The summed E-state index contributed by atoms with van der Waals surface area (Å²) in [6, 6.07) is 14.1. The second kappa shape index (κ2) is 8.80. The Bertz CT molecular complexity index is 1290. The molecule has 1 amide bonds. The SMILES string of the molecule is COCCn1cnc2ccc(NC(=O)c3cc(-c4ccccc4OC)n[nH]3)cc2c1=O. The van der Waals surface area contributed by atoms with Gasteiger partial charge in [0.1, 0.15) is 11.4 Å². The van der Waals surface area contributed by atoms with Gasteiger partial charge in [-0.2, -0.15) is 5.10 Å². The number of aromatic amines is 1. The molecule has 9 nitrogen and oxygen atoms in total. The van der Waals surface area contributed by atoms with Crippen LogP contribution in [0.5, 0.6) is 5.75 Å². The van der Waals surface area contributed by atoms with Crippen molar-refractivity contribution in [2.75, 3.05) is 26.1 Å². The van der Waals surface area contributed by atoms with Crippen molar-refractivity contribution in [3.05, 3.63) is 70.9 Å². The zero-order valence-electron chi connectivity index (χ0n) is 17.1. The van der Waals surface area contributed by atoms with Crippen LogP contribution in [0, 0.1) is 0 Å². The third-order valence-corrected chi connectivity index (χ3v) is 4.82. The van der Waals surface area contributed by atoms with Crippen molar-refractivity contribution in [3.63, 3.8) is 0 Å². The average Bonchev–Trinajstić information content (AvgIpc) is 3.29. The van der Waals surface area contributed by atoms with Crippen LogP contribution >= 0.6 is 0 Å². The van der Waals surface area contributed by atoms with E-state index in [0.29, 0.717) is 41.2 Å². The first-order chi connectivity index (χ1) is 15.1. The van der Waals surface area contributed by atoms with E-state index >= 15 is 0 Å². The number of fused-ring (bicyclic) bond motifs is 1. The molecule has 0 spiro atoms. The minimum atomic E-state index is -0.378. The number of carbonyl (C=O) groups is 1. The zero-order chi connectivity index (χ0) is 21.8. The molecular weight excluding hydrogens is 398 g/mol. The lowest BCUT2D eigenvalue weighted by Crippen LogP contribution is -2.22. The summed E-state index contributed by atoms with van der Waals surface area (Å²) < 4.78 is 11.9. The number of aromatic nitrogens is 4. The van der Waals surface area contributed by atoms with Crippen LogP contribution in [-0.2, 0) is 11.3 Å². The number of hydrogen-bond donors (Lipinski definition) is 2. The molecule has 9 heteroatoms. The summed E-state index contributed by atoms with van der Waals surface area (Å²) >= 11 is 0. The number of ether oxygens (including phenoxy) is 2. The number of benzene rings is 2. The molecule has 4 rings (SSSR count). The van der Waals surface area contributed by atoms with Gasteiger partial charge in [0.25, 0.3) is 11.5 Å². The number of hydrogen-bond acceptors (Lipinski definition) is 6. The van der Waals surface area contributed by atoms with Crippen molar-refractivity contribution in [1.29, 1.82) is 0 Å². The molecule has 2 aromatic carbocycles. The zero-order valence-corrected chi connectivity index (χ0v) is 17.1. The molecule has 31 heavy (non-hydrogen) atoms. The van der Waals surface area contributed by atoms with Crippen LogP contribution in [-0.4, -0.2) is 46.5 Å².